The highest BCUT2D eigenvalue weighted by atomic mass is 35.5. The maximum Gasteiger partial charge on any atom is 0.112 e. The number of likely N-dealkylation sites (N-methyl/N-ethyl adjacent to an activating group) is 1. The molecule has 0 saturated heterocycles. The third kappa shape index (κ3) is 1.73. The Morgan fingerprint density at radius 3 is 2.92 bits per heavy atom. The standard InChI is InChI=1S/C9H11Cl2NS/c1-12-5-2-3-7-6(4-5)8(10)9(11)13-7/h5,12H,2-4H2,1H3. The van der Waals surface area contributed by atoms with E-state index in [4.69, 9.17) is 23.2 Å². The molecule has 1 aromatic heterocycles. The van der Waals surface area contributed by atoms with Gasteiger partial charge in [0.05, 0.1) is 5.02 Å². The van der Waals surface area contributed by atoms with Crippen LogP contribution in [0.3, 0.4) is 0 Å². The van der Waals surface area contributed by atoms with E-state index >= 15 is 0 Å². The van der Waals surface area contributed by atoms with Crippen molar-refractivity contribution in [3.8, 4) is 0 Å². The van der Waals surface area contributed by atoms with Gasteiger partial charge in [-0.05, 0) is 31.9 Å². The molecule has 1 unspecified atom stereocenters. The van der Waals surface area contributed by atoms with Gasteiger partial charge in [0.2, 0.25) is 0 Å². The van der Waals surface area contributed by atoms with Crippen LogP contribution in [0.1, 0.15) is 16.9 Å². The number of aryl methyl sites for hydroxylation is 1. The average Bonchev–Trinajstić information content (AvgIpc) is 2.43. The fraction of sp³-hybridized carbons (Fsp3) is 0.556. The van der Waals surface area contributed by atoms with Crippen molar-refractivity contribution in [3.63, 3.8) is 0 Å². The van der Waals surface area contributed by atoms with E-state index in [1.807, 2.05) is 7.05 Å². The second-order valence-corrected chi connectivity index (χ2v) is 5.41. The third-order valence-corrected chi connectivity index (χ3v) is 4.69. The van der Waals surface area contributed by atoms with E-state index in [1.54, 1.807) is 11.3 Å². The summed E-state index contributed by atoms with van der Waals surface area (Å²) in [5.74, 6) is 0. The molecule has 1 aliphatic carbocycles. The number of hydrogen-bond acceptors (Lipinski definition) is 2. The van der Waals surface area contributed by atoms with Crippen LogP contribution in [0.15, 0.2) is 0 Å². The molecule has 1 heterocycles. The molecule has 0 bridgehead atoms. The maximum absolute atomic E-state index is 6.10. The zero-order valence-corrected chi connectivity index (χ0v) is 9.69. The predicted molar refractivity (Wildman–Crippen MR) is 59.2 cm³/mol. The van der Waals surface area contributed by atoms with Crippen molar-refractivity contribution >= 4 is 34.5 Å². The summed E-state index contributed by atoms with van der Waals surface area (Å²) in [4.78, 5) is 1.38. The van der Waals surface area contributed by atoms with Crippen LogP contribution in [0.25, 0.3) is 0 Å². The van der Waals surface area contributed by atoms with Gasteiger partial charge in [-0.2, -0.15) is 0 Å². The summed E-state index contributed by atoms with van der Waals surface area (Å²) >= 11 is 13.7. The second kappa shape index (κ2) is 3.77. The number of hydrogen-bond donors (Lipinski definition) is 1. The molecule has 2 rings (SSSR count). The largest absolute Gasteiger partial charge is 0.317 e. The van der Waals surface area contributed by atoms with E-state index in [1.165, 1.54) is 16.9 Å². The molecule has 72 valence electrons. The molecule has 1 nitrogen and oxygen atoms in total. The molecule has 1 atom stereocenters. The summed E-state index contributed by atoms with van der Waals surface area (Å²) in [6, 6.07) is 0.565. The van der Waals surface area contributed by atoms with Gasteiger partial charge in [0.25, 0.3) is 0 Å². The Morgan fingerprint density at radius 2 is 2.23 bits per heavy atom. The molecular weight excluding hydrogens is 225 g/mol. The summed E-state index contributed by atoms with van der Waals surface area (Å²) in [7, 11) is 2.00. The second-order valence-electron chi connectivity index (χ2n) is 3.32. The summed E-state index contributed by atoms with van der Waals surface area (Å²) < 4.78 is 0.753. The molecule has 0 radical (unpaired) electrons. The number of halogens is 2. The zero-order chi connectivity index (χ0) is 9.42. The van der Waals surface area contributed by atoms with E-state index in [9.17, 15) is 0 Å². The zero-order valence-electron chi connectivity index (χ0n) is 7.36. The van der Waals surface area contributed by atoms with Gasteiger partial charge in [-0.15, -0.1) is 11.3 Å². The highest BCUT2D eigenvalue weighted by Crippen LogP contribution is 2.40. The van der Waals surface area contributed by atoms with Crippen molar-refractivity contribution < 1.29 is 0 Å². The summed E-state index contributed by atoms with van der Waals surface area (Å²) in [6.45, 7) is 0. The lowest BCUT2D eigenvalue weighted by molar-refractivity contribution is 0.501. The van der Waals surface area contributed by atoms with Crippen LogP contribution < -0.4 is 5.32 Å². The molecule has 4 heteroatoms. The van der Waals surface area contributed by atoms with Gasteiger partial charge in [-0.25, -0.2) is 0 Å². The van der Waals surface area contributed by atoms with Crippen molar-refractivity contribution in [2.24, 2.45) is 0 Å². The number of fused-ring (bicyclic) bond motifs is 1. The molecule has 13 heavy (non-hydrogen) atoms. The molecule has 1 N–H and O–H groups in total. The normalized spacial score (nSPS) is 21.6. The third-order valence-electron chi connectivity index (χ3n) is 2.57. The number of nitrogens with one attached hydrogen (secondary N) is 1. The Kier molecular flexibility index (Phi) is 2.84. The quantitative estimate of drug-likeness (QED) is 0.789. The van der Waals surface area contributed by atoms with Crippen LogP contribution in [0.2, 0.25) is 9.36 Å². The summed E-state index contributed by atoms with van der Waals surface area (Å²) in [6.07, 6.45) is 3.32. The smallest absolute Gasteiger partial charge is 0.112 e. The van der Waals surface area contributed by atoms with E-state index < -0.39 is 0 Å². The van der Waals surface area contributed by atoms with Gasteiger partial charge in [0.15, 0.2) is 0 Å². The molecule has 0 spiro atoms. The number of rotatable bonds is 1. The average molecular weight is 236 g/mol. The lowest BCUT2D eigenvalue weighted by Crippen LogP contribution is -2.30. The van der Waals surface area contributed by atoms with E-state index in [0.717, 1.165) is 22.2 Å². The Bertz CT molecular complexity index is 322. The number of thiophene rings is 1. The lowest BCUT2D eigenvalue weighted by Gasteiger charge is -2.21. The highest BCUT2D eigenvalue weighted by molar-refractivity contribution is 7.17. The van der Waals surface area contributed by atoms with Crippen molar-refractivity contribution in [3.05, 3.63) is 19.8 Å². The molecular formula is C9H11Cl2NS. The molecule has 0 amide bonds. The van der Waals surface area contributed by atoms with Gasteiger partial charge >= 0.3 is 0 Å². The Morgan fingerprint density at radius 1 is 1.46 bits per heavy atom. The first kappa shape index (κ1) is 9.78. The first-order valence-electron chi connectivity index (χ1n) is 4.35. The monoisotopic (exact) mass is 235 g/mol. The van der Waals surface area contributed by atoms with Gasteiger partial charge in [0, 0.05) is 10.9 Å². The minimum Gasteiger partial charge on any atom is -0.317 e. The fourth-order valence-corrected chi connectivity index (χ4v) is 3.48. The minimum atomic E-state index is 0.565. The molecule has 0 aliphatic heterocycles. The lowest BCUT2D eigenvalue weighted by atomic mass is 9.95. The van der Waals surface area contributed by atoms with Crippen LogP contribution in [-0.4, -0.2) is 13.1 Å². The molecule has 0 aromatic carbocycles. The van der Waals surface area contributed by atoms with Crippen LogP contribution in [-0.2, 0) is 12.8 Å². The fourth-order valence-electron chi connectivity index (χ4n) is 1.76. The van der Waals surface area contributed by atoms with Gasteiger partial charge in [0.1, 0.15) is 4.34 Å². The van der Waals surface area contributed by atoms with Crippen molar-refractivity contribution in [1.82, 2.24) is 5.32 Å². The molecule has 1 aliphatic rings. The van der Waals surface area contributed by atoms with E-state index in [-0.39, 0.29) is 0 Å². The van der Waals surface area contributed by atoms with E-state index in [2.05, 4.69) is 5.32 Å². The summed E-state index contributed by atoms with van der Waals surface area (Å²) in [5.41, 5.74) is 1.27. The maximum atomic E-state index is 6.10. The van der Waals surface area contributed by atoms with E-state index in [0.29, 0.717) is 6.04 Å². The minimum absolute atomic E-state index is 0.565. The molecule has 0 saturated carbocycles. The Balaban J connectivity index is 2.32. The topological polar surface area (TPSA) is 12.0 Å². The first-order chi connectivity index (χ1) is 6.22. The summed E-state index contributed by atoms with van der Waals surface area (Å²) in [5, 5.41) is 4.06. The van der Waals surface area contributed by atoms with Crippen molar-refractivity contribution in [2.75, 3.05) is 7.05 Å². The Hall–Kier alpha value is 0.240. The van der Waals surface area contributed by atoms with Crippen molar-refractivity contribution in [1.29, 1.82) is 0 Å². The highest BCUT2D eigenvalue weighted by Gasteiger charge is 2.23. The first-order valence-corrected chi connectivity index (χ1v) is 5.92. The van der Waals surface area contributed by atoms with Crippen LogP contribution >= 0.6 is 34.5 Å². The van der Waals surface area contributed by atoms with Gasteiger partial charge in [-0.3, -0.25) is 0 Å². The molecule has 1 aromatic rings. The predicted octanol–water partition coefficient (Wildman–Crippen LogP) is 3.13. The Labute approximate surface area is 92.0 Å². The van der Waals surface area contributed by atoms with Crippen LogP contribution in [0, 0.1) is 0 Å². The van der Waals surface area contributed by atoms with Gasteiger partial charge < -0.3 is 5.32 Å². The van der Waals surface area contributed by atoms with Gasteiger partial charge in [-0.1, -0.05) is 23.2 Å². The molecule has 0 fully saturated rings. The van der Waals surface area contributed by atoms with Crippen LogP contribution in [0.5, 0.6) is 0 Å². The SMILES string of the molecule is CNC1CCc2sc(Cl)c(Cl)c2C1. The van der Waals surface area contributed by atoms with Crippen molar-refractivity contribution in [2.45, 2.75) is 25.3 Å². The van der Waals surface area contributed by atoms with Crippen LogP contribution in [0.4, 0.5) is 0 Å².